The van der Waals surface area contributed by atoms with Gasteiger partial charge in [0.05, 0.1) is 6.04 Å². The maximum Gasteiger partial charge on any atom is 0.214 e. The van der Waals surface area contributed by atoms with E-state index in [1.165, 1.54) is 0 Å². The summed E-state index contributed by atoms with van der Waals surface area (Å²) in [4.78, 5) is 0. The van der Waals surface area contributed by atoms with Gasteiger partial charge in [0.2, 0.25) is 7.44 Å². The molecule has 0 aromatic rings. The first-order valence-electron chi connectivity index (χ1n) is 3.98. The van der Waals surface area contributed by atoms with Crippen molar-refractivity contribution < 1.29 is 4.57 Å². The molecule has 1 saturated heterocycles. The van der Waals surface area contributed by atoms with Gasteiger partial charge in [-0.2, -0.15) is 0 Å². The molecule has 0 saturated carbocycles. The Kier molecular flexibility index (Phi) is 2.63. The second-order valence-electron chi connectivity index (χ2n) is 3.26. The minimum absolute atomic E-state index is 0.0389. The standard InChI is InChI=1S/C8H15N2OP/c1-5-8-6-7-9(2)12(4,11)10(8)3/h1,8H,6-7H2,2-4H3. The molecule has 1 aliphatic heterocycles. The molecule has 2 atom stereocenters. The molecule has 68 valence electrons. The highest BCUT2D eigenvalue weighted by Crippen LogP contribution is 2.51. The van der Waals surface area contributed by atoms with Crippen molar-refractivity contribution >= 4 is 7.44 Å². The highest BCUT2D eigenvalue weighted by Gasteiger charge is 2.35. The van der Waals surface area contributed by atoms with E-state index in [0.29, 0.717) is 0 Å². The largest absolute Gasteiger partial charge is 0.289 e. The van der Waals surface area contributed by atoms with Gasteiger partial charge >= 0.3 is 0 Å². The molecule has 1 fully saturated rings. The molecule has 0 bridgehead atoms. The zero-order valence-corrected chi connectivity index (χ0v) is 8.71. The van der Waals surface area contributed by atoms with Gasteiger partial charge in [0.15, 0.2) is 0 Å². The zero-order chi connectivity index (χ0) is 9.35. The maximum absolute atomic E-state index is 12.0. The average Bonchev–Trinajstić information content (AvgIpc) is 2.02. The first-order valence-corrected chi connectivity index (χ1v) is 6.04. The quantitative estimate of drug-likeness (QED) is 0.418. The third kappa shape index (κ3) is 1.43. The molecule has 0 amide bonds. The molecule has 0 spiro atoms. The molecule has 0 N–H and O–H groups in total. The molecule has 0 aliphatic carbocycles. The minimum Gasteiger partial charge on any atom is -0.289 e. The summed E-state index contributed by atoms with van der Waals surface area (Å²) >= 11 is 0. The summed E-state index contributed by atoms with van der Waals surface area (Å²) in [7, 11) is 1.40. The Balaban J connectivity index is 2.87. The van der Waals surface area contributed by atoms with E-state index < -0.39 is 7.44 Å². The van der Waals surface area contributed by atoms with E-state index in [0.717, 1.165) is 13.0 Å². The molecule has 1 aliphatic rings. The predicted octanol–water partition coefficient (Wildman–Crippen LogP) is 1.08. The van der Waals surface area contributed by atoms with Crippen molar-refractivity contribution in [1.82, 2.24) is 9.34 Å². The van der Waals surface area contributed by atoms with E-state index in [9.17, 15) is 4.57 Å². The number of hydrogen-bond acceptors (Lipinski definition) is 1. The fraction of sp³-hybridized carbons (Fsp3) is 0.750. The molecule has 1 heterocycles. The van der Waals surface area contributed by atoms with Gasteiger partial charge in [0.25, 0.3) is 0 Å². The minimum atomic E-state index is -2.32. The Labute approximate surface area is 74.2 Å². The molecular formula is C8H15N2OP. The highest BCUT2D eigenvalue weighted by atomic mass is 31.2. The lowest BCUT2D eigenvalue weighted by atomic mass is 10.2. The van der Waals surface area contributed by atoms with Crippen LogP contribution in [0.25, 0.3) is 0 Å². The third-order valence-electron chi connectivity index (χ3n) is 2.59. The predicted molar refractivity (Wildman–Crippen MR) is 51.2 cm³/mol. The topological polar surface area (TPSA) is 23.6 Å². The van der Waals surface area contributed by atoms with E-state index in [1.807, 2.05) is 23.4 Å². The van der Waals surface area contributed by atoms with Crippen molar-refractivity contribution in [2.45, 2.75) is 12.5 Å². The lowest BCUT2D eigenvalue weighted by molar-refractivity contribution is 0.300. The molecule has 0 aromatic heterocycles. The average molecular weight is 186 g/mol. The zero-order valence-electron chi connectivity index (χ0n) is 7.82. The first kappa shape index (κ1) is 9.80. The van der Waals surface area contributed by atoms with Crippen molar-refractivity contribution in [2.24, 2.45) is 0 Å². The Morgan fingerprint density at radius 2 is 2.17 bits per heavy atom. The monoisotopic (exact) mass is 186 g/mol. The van der Waals surface area contributed by atoms with Crippen LogP contribution in [0.4, 0.5) is 0 Å². The molecular weight excluding hydrogens is 171 g/mol. The van der Waals surface area contributed by atoms with Gasteiger partial charge in [-0.3, -0.25) is 4.57 Å². The van der Waals surface area contributed by atoms with Crippen LogP contribution < -0.4 is 0 Å². The van der Waals surface area contributed by atoms with Crippen molar-refractivity contribution in [3.63, 3.8) is 0 Å². The summed E-state index contributed by atoms with van der Waals surface area (Å²) in [5.74, 6) is 2.66. The molecule has 4 heteroatoms. The number of nitrogens with zero attached hydrogens (tertiary/aromatic N) is 2. The Hall–Kier alpha value is -0.290. The summed E-state index contributed by atoms with van der Waals surface area (Å²) in [6, 6.07) is 0.0389. The van der Waals surface area contributed by atoms with Crippen LogP contribution in [0.3, 0.4) is 0 Å². The van der Waals surface area contributed by atoms with Gasteiger partial charge in [0, 0.05) is 13.2 Å². The molecule has 0 radical (unpaired) electrons. The van der Waals surface area contributed by atoms with Crippen LogP contribution in [-0.2, 0) is 4.57 Å². The summed E-state index contributed by atoms with van der Waals surface area (Å²) < 4.78 is 15.7. The van der Waals surface area contributed by atoms with Crippen LogP contribution in [0, 0.1) is 12.3 Å². The van der Waals surface area contributed by atoms with E-state index in [4.69, 9.17) is 6.42 Å². The lowest BCUT2D eigenvalue weighted by Gasteiger charge is -2.40. The van der Waals surface area contributed by atoms with Crippen LogP contribution in [-0.4, -0.2) is 42.7 Å². The summed E-state index contributed by atoms with van der Waals surface area (Å²) in [6.07, 6.45) is 6.23. The third-order valence-corrected chi connectivity index (χ3v) is 5.50. The van der Waals surface area contributed by atoms with Gasteiger partial charge in [-0.25, -0.2) is 9.34 Å². The second kappa shape index (κ2) is 3.22. The van der Waals surface area contributed by atoms with Gasteiger partial charge < -0.3 is 0 Å². The second-order valence-corrected chi connectivity index (χ2v) is 6.25. The summed E-state index contributed by atoms with van der Waals surface area (Å²) in [5, 5.41) is 0. The van der Waals surface area contributed by atoms with Crippen LogP contribution >= 0.6 is 7.44 Å². The van der Waals surface area contributed by atoms with Crippen LogP contribution in [0.15, 0.2) is 0 Å². The van der Waals surface area contributed by atoms with E-state index >= 15 is 0 Å². The van der Waals surface area contributed by atoms with E-state index in [2.05, 4.69) is 5.92 Å². The molecule has 12 heavy (non-hydrogen) atoms. The Bertz CT molecular complexity index is 258. The number of rotatable bonds is 0. The van der Waals surface area contributed by atoms with Gasteiger partial charge in [-0.1, -0.05) is 5.92 Å². The molecule has 1 rings (SSSR count). The van der Waals surface area contributed by atoms with Gasteiger partial charge in [0.1, 0.15) is 0 Å². The van der Waals surface area contributed by atoms with Crippen molar-refractivity contribution in [2.75, 3.05) is 27.3 Å². The van der Waals surface area contributed by atoms with Gasteiger partial charge in [-0.15, -0.1) is 6.42 Å². The molecule has 3 nitrogen and oxygen atoms in total. The van der Waals surface area contributed by atoms with E-state index in [-0.39, 0.29) is 6.04 Å². The van der Waals surface area contributed by atoms with Crippen LogP contribution in [0.1, 0.15) is 6.42 Å². The fourth-order valence-corrected chi connectivity index (χ4v) is 3.04. The van der Waals surface area contributed by atoms with E-state index in [1.54, 1.807) is 6.66 Å². The molecule has 0 aromatic carbocycles. The van der Waals surface area contributed by atoms with Crippen molar-refractivity contribution in [3.8, 4) is 12.3 Å². The van der Waals surface area contributed by atoms with Crippen molar-refractivity contribution in [1.29, 1.82) is 0 Å². The summed E-state index contributed by atoms with van der Waals surface area (Å²) in [5.41, 5.74) is 0. The smallest absolute Gasteiger partial charge is 0.214 e. The van der Waals surface area contributed by atoms with Crippen LogP contribution in [0.5, 0.6) is 0 Å². The Morgan fingerprint density at radius 3 is 2.67 bits per heavy atom. The normalized spacial score (nSPS) is 39.3. The number of terminal acetylenes is 1. The van der Waals surface area contributed by atoms with Crippen LogP contribution in [0.2, 0.25) is 0 Å². The first-order chi connectivity index (χ1) is 5.50. The molecule has 2 unspecified atom stereocenters. The SMILES string of the molecule is C#CC1CCN(C)P(C)(=O)N1C. The Morgan fingerprint density at radius 1 is 1.58 bits per heavy atom. The maximum atomic E-state index is 12.0. The fourth-order valence-electron chi connectivity index (χ4n) is 1.37. The highest BCUT2D eigenvalue weighted by molar-refractivity contribution is 7.58. The lowest BCUT2D eigenvalue weighted by Crippen LogP contribution is -2.40. The summed E-state index contributed by atoms with van der Waals surface area (Å²) in [6.45, 7) is 2.59. The van der Waals surface area contributed by atoms with Crippen molar-refractivity contribution in [3.05, 3.63) is 0 Å². The van der Waals surface area contributed by atoms with Gasteiger partial charge in [-0.05, 0) is 20.5 Å². The number of hydrogen-bond donors (Lipinski definition) is 0.